The van der Waals surface area contributed by atoms with E-state index in [9.17, 15) is 0 Å². The Morgan fingerprint density at radius 3 is 2.86 bits per heavy atom. The Morgan fingerprint density at radius 1 is 1.33 bits per heavy atom. The molecule has 2 fully saturated rings. The number of likely N-dealkylation sites (tertiary alicyclic amines) is 1. The summed E-state index contributed by atoms with van der Waals surface area (Å²) in [5.74, 6) is 0. The van der Waals surface area contributed by atoms with Crippen molar-refractivity contribution in [2.45, 2.75) is 56.8 Å². The highest BCUT2D eigenvalue weighted by molar-refractivity contribution is 5.17. The van der Waals surface area contributed by atoms with E-state index in [0.29, 0.717) is 12.1 Å². The summed E-state index contributed by atoms with van der Waals surface area (Å²) >= 11 is 0. The minimum Gasteiger partial charge on any atom is -0.326 e. The molecule has 2 bridgehead atoms. The number of nitrogens with two attached hydrogens (primary N) is 1. The maximum Gasteiger partial charge on any atom is 0.0514 e. The van der Waals surface area contributed by atoms with Gasteiger partial charge in [-0.25, -0.2) is 0 Å². The number of aromatic nitrogens is 1. The van der Waals surface area contributed by atoms with Crippen LogP contribution < -0.4 is 5.73 Å². The molecule has 1 aromatic rings. The van der Waals surface area contributed by atoms with Gasteiger partial charge in [0.25, 0.3) is 0 Å². The standard InChI is InChI=1S/C17H28N4/c1-3-16(18)17(13-5-4-9-19-11-13)21-10-8-14-6-7-15(12-21)20(14)2/h4-5,9,11,14-17H,3,6-8,10,12,18H2,1-2H3. The third kappa shape index (κ3) is 2.98. The van der Waals surface area contributed by atoms with Crippen LogP contribution in [-0.2, 0) is 0 Å². The summed E-state index contributed by atoms with van der Waals surface area (Å²) < 4.78 is 0. The van der Waals surface area contributed by atoms with Gasteiger partial charge >= 0.3 is 0 Å². The highest BCUT2D eigenvalue weighted by Crippen LogP contribution is 2.33. The molecule has 21 heavy (non-hydrogen) atoms. The van der Waals surface area contributed by atoms with Crippen LogP contribution in [0.5, 0.6) is 0 Å². The smallest absolute Gasteiger partial charge is 0.0514 e. The second-order valence-electron chi connectivity index (χ2n) is 6.64. The molecule has 2 aliphatic heterocycles. The molecular formula is C17H28N4. The monoisotopic (exact) mass is 288 g/mol. The molecule has 0 saturated carbocycles. The van der Waals surface area contributed by atoms with Crippen LogP contribution in [0.3, 0.4) is 0 Å². The summed E-state index contributed by atoms with van der Waals surface area (Å²) in [7, 11) is 2.30. The van der Waals surface area contributed by atoms with Crippen molar-refractivity contribution in [1.82, 2.24) is 14.8 Å². The number of likely N-dealkylation sites (N-methyl/N-ethyl adjacent to an activating group) is 1. The first-order chi connectivity index (χ1) is 10.2. The fraction of sp³-hybridized carbons (Fsp3) is 0.706. The average molecular weight is 288 g/mol. The number of rotatable bonds is 4. The summed E-state index contributed by atoms with van der Waals surface area (Å²) in [6.45, 7) is 4.48. The van der Waals surface area contributed by atoms with Crippen LogP contribution in [0.4, 0.5) is 0 Å². The van der Waals surface area contributed by atoms with Crippen molar-refractivity contribution in [3.63, 3.8) is 0 Å². The number of pyridine rings is 1. The maximum atomic E-state index is 6.48. The molecule has 116 valence electrons. The van der Waals surface area contributed by atoms with Crippen LogP contribution in [0, 0.1) is 0 Å². The van der Waals surface area contributed by atoms with Crippen molar-refractivity contribution in [2.24, 2.45) is 5.73 Å². The zero-order valence-electron chi connectivity index (χ0n) is 13.3. The first-order valence-corrected chi connectivity index (χ1v) is 8.32. The van der Waals surface area contributed by atoms with Crippen molar-refractivity contribution >= 4 is 0 Å². The topological polar surface area (TPSA) is 45.4 Å². The first-order valence-electron chi connectivity index (χ1n) is 8.32. The predicted molar refractivity (Wildman–Crippen MR) is 86.0 cm³/mol. The van der Waals surface area contributed by atoms with Crippen molar-refractivity contribution in [2.75, 3.05) is 20.1 Å². The Balaban J connectivity index is 1.83. The van der Waals surface area contributed by atoms with Gasteiger partial charge in [0.15, 0.2) is 0 Å². The Labute approximate surface area is 128 Å². The van der Waals surface area contributed by atoms with Crippen LogP contribution in [0.1, 0.15) is 44.2 Å². The molecule has 2 aliphatic rings. The second kappa shape index (κ2) is 6.42. The summed E-state index contributed by atoms with van der Waals surface area (Å²) in [6, 6.07) is 6.15. The van der Waals surface area contributed by atoms with Gasteiger partial charge in [-0.1, -0.05) is 13.0 Å². The van der Waals surface area contributed by atoms with Crippen molar-refractivity contribution < 1.29 is 0 Å². The predicted octanol–water partition coefficient (Wildman–Crippen LogP) is 2.03. The fourth-order valence-corrected chi connectivity index (χ4v) is 4.09. The molecule has 4 nitrogen and oxygen atoms in total. The molecule has 4 atom stereocenters. The molecule has 2 N–H and O–H groups in total. The molecule has 2 saturated heterocycles. The molecule has 0 radical (unpaired) electrons. The number of fused-ring (bicyclic) bond motifs is 2. The molecule has 4 unspecified atom stereocenters. The number of hydrogen-bond donors (Lipinski definition) is 1. The van der Waals surface area contributed by atoms with E-state index >= 15 is 0 Å². The molecule has 3 heterocycles. The molecular weight excluding hydrogens is 260 g/mol. The van der Waals surface area contributed by atoms with E-state index in [2.05, 4.69) is 34.8 Å². The lowest BCUT2D eigenvalue weighted by atomic mass is 9.96. The lowest BCUT2D eigenvalue weighted by molar-refractivity contribution is 0.149. The van der Waals surface area contributed by atoms with E-state index in [1.54, 1.807) is 0 Å². The SMILES string of the molecule is CCC(N)C(c1cccnc1)N1CCC2CCC(C1)N2C. The van der Waals surface area contributed by atoms with E-state index in [1.165, 1.54) is 24.8 Å². The zero-order valence-corrected chi connectivity index (χ0v) is 13.3. The van der Waals surface area contributed by atoms with Gasteiger partial charge in [-0.05, 0) is 44.4 Å². The van der Waals surface area contributed by atoms with Crippen LogP contribution in [0.25, 0.3) is 0 Å². The fourth-order valence-electron chi connectivity index (χ4n) is 4.09. The number of hydrogen-bond acceptors (Lipinski definition) is 4. The Morgan fingerprint density at radius 2 is 2.14 bits per heavy atom. The molecule has 1 aromatic heterocycles. The molecule has 4 heteroatoms. The third-order valence-corrected chi connectivity index (χ3v) is 5.48. The summed E-state index contributed by atoms with van der Waals surface area (Å²) in [6.07, 6.45) is 8.80. The van der Waals surface area contributed by atoms with Crippen molar-refractivity contribution in [3.8, 4) is 0 Å². The normalized spacial score (nSPS) is 30.0. The zero-order chi connectivity index (χ0) is 14.8. The van der Waals surface area contributed by atoms with Gasteiger partial charge in [-0.15, -0.1) is 0 Å². The Hall–Kier alpha value is -0.970. The molecule has 0 aromatic carbocycles. The highest BCUT2D eigenvalue weighted by atomic mass is 15.3. The minimum absolute atomic E-state index is 0.177. The van der Waals surface area contributed by atoms with Crippen LogP contribution in [-0.4, -0.2) is 53.0 Å². The van der Waals surface area contributed by atoms with Crippen molar-refractivity contribution in [1.29, 1.82) is 0 Å². The second-order valence-corrected chi connectivity index (χ2v) is 6.64. The van der Waals surface area contributed by atoms with Crippen molar-refractivity contribution in [3.05, 3.63) is 30.1 Å². The van der Waals surface area contributed by atoms with E-state index in [-0.39, 0.29) is 6.04 Å². The van der Waals surface area contributed by atoms with Gasteiger partial charge < -0.3 is 5.73 Å². The van der Waals surface area contributed by atoms with E-state index in [0.717, 1.165) is 25.6 Å². The largest absolute Gasteiger partial charge is 0.326 e. The van der Waals surface area contributed by atoms with Gasteiger partial charge in [-0.2, -0.15) is 0 Å². The van der Waals surface area contributed by atoms with Gasteiger partial charge in [0.05, 0.1) is 6.04 Å². The van der Waals surface area contributed by atoms with Gasteiger partial charge in [0.1, 0.15) is 0 Å². The highest BCUT2D eigenvalue weighted by Gasteiger charge is 2.37. The molecule has 0 aliphatic carbocycles. The molecule has 0 spiro atoms. The lowest BCUT2D eigenvalue weighted by Gasteiger charge is -2.36. The van der Waals surface area contributed by atoms with Crippen LogP contribution in [0.2, 0.25) is 0 Å². The summed E-state index contributed by atoms with van der Waals surface area (Å²) in [5.41, 5.74) is 7.75. The Bertz CT molecular complexity index is 449. The maximum absolute atomic E-state index is 6.48. The van der Waals surface area contributed by atoms with Gasteiger partial charge in [-0.3, -0.25) is 14.8 Å². The van der Waals surface area contributed by atoms with Crippen LogP contribution >= 0.6 is 0 Å². The summed E-state index contributed by atoms with van der Waals surface area (Å²) in [5, 5.41) is 0. The summed E-state index contributed by atoms with van der Waals surface area (Å²) in [4.78, 5) is 9.52. The average Bonchev–Trinajstić information content (AvgIpc) is 2.76. The molecule has 0 amide bonds. The van der Waals surface area contributed by atoms with E-state index in [4.69, 9.17) is 5.73 Å². The van der Waals surface area contributed by atoms with E-state index < -0.39 is 0 Å². The van der Waals surface area contributed by atoms with Crippen LogP contribution in [0.15, 0.2) is 24.5 Å². The molecule has 3 rings (SSSR count). The quantitative estimate of drug-likeness (QED) is 0.921. The Kier molecular flexibility index (Phi) is 4.57. The van der Waals surface area contributed by atoms with E-state index in [1.807, 2.05) is 18.5 Å². The minimum atomic E-state index is 0.177. The van der Waals surface area contributed by atoms with Gasteiger partial charge in [0, 0.05) is 43.6 Å². The van der Waals surface area contributed by atoms with Gasteiger partial charge in [0.2, 0.25) is 0 Å². The number of nitrogens with zero attached hydrogens (tertiary/aromatic N) is 3. The lowest BCUT2D eigenvalue weighted by Crippen LogP contribution is -2.45. The first kappa shape index (κ1) is 14.9. The third-order valence-electron chi connectivity index (χ3n) is 5.48.